The van der Waals surface area contributed by atoms with E-state index in [9.17, 15) is 0 Å². The van der Waals surface area contributed by atoms with E-state index >= 15 is 0 Å². The summed E-state index contributed by atoms with van der Waals surface area (Å²) in [7, 11) is 1.61. The molecule has 3 rings (SSSR count). The van der Waals surface area contributed by atoms with Crippen molar-refractivity contribution in [2.75, 3.05) is 12.4 Å². The summed E-state index contributed by atoms with van der Waals surface area (Å²) < 4.78 is 5.04. The Labute approximate surface area is 127 Å². The van der Waals surface area contributed by atoms with Gasteiger partial charge in [0.05, 0.1) is 31.2 Å². The number of pyridine rings is 1. The first-order valence-corrected chi connectivity index (χ1v) is 7.47. The van der Waals surface area contributed by atoms with Crippen LogP contribution in [0.1, 0.15) is 5.01 Å². The van der Waals surface area contributed by atoms with Crippen LogP contribution in [0.25, 0.3) is 11.3 Å². The van der Waals surface area contributed by atoms with E-state index < -0.39 is 0 Å². The number of hydrogen-bond acceptors (Lipinski definition) is 5. The fraction of sp³-hybridized carbons (Fsp3) is 0.125. The van der Waals surface area contributed by atoms with Crippen LogP contribution in [0.3, 0.4) is 0 Å². The maximum atomic E-state index is 5.04. The normalized spacial score (nSPS) is 10.3. The molecule has 2 heterocycles. The van der Waals surface area contributed by atoms with Crippen molar-refractivity contribution >= 4 is 17.0 Å². The molecule has 0 aliphatic carbocycles. The zero-order chi connectivity index (χ0) is 14.5. The van der Waals surface area contributed by atoms with Gasteiger partial charge in [-0.15, -0.1) is 11.3 Å². The monoisotopic (exact) mass is 297 g/mol. The van der Waals surface area contributed by atoms with Gasteiger partial charge in [0.2, 0.25) is 5.88 Å². The summed E-state index contributed by atoms with van der Waals surface area (Å²) in [5.41, 5.74) is 3.11. The molecule has 0 fully saturated rings. The summed E-state index contributed by atoms with van der Waals surface area (Å²) in [4.78, 5) is 8.80. The largest absolute Gasteiger partial charge is 0.481 e. The van der Waals surface area contributed by atoms with Gasteiger partial charge in [0, 0.05) is 17.0 Å². The molecular formula is C16H15N3OS. The molecule has 0 spiro atoms. The second-order valence-corrected chi connectivity index (χ2v) is 5.38. The van der Waals surface area contributed by atoms with Crippen LogP contribution in [0.15, 0.2) is 54.0 Å². The molecule has 0 saturated carbocycles. The van der Waals surface area contributed by atoms with Crippen LogP contribution in [0.4, 0.5) is 5.69 Å². The molecule has 106 valence electrons. The van der Waals surface area contributed by atoms with E-state index in [1.165, 1.54) is 0 Å². The zero-order valence-corrected chi connectivity index (χ0v) is 12.4. The van der Waals surface area contributed by atoms with Crippen molar-refractivity contribution in [3.8, 4) is 17.1 Å². The van der Waals surface area contributed by atoms with Crippen molar-refractivity contribution in [1.29, 1.82) is 0 Å². The third kappa shape index (κ3) is 3.38. The molecule has 2 aromatic heterocycles. The van der Waals surface area contributed by atoms with Gasteiger partial charge < -0.3 is 10.1 Å². The molecule has 0 atom stereocenters. The van der Waals surface area contributed by atoms with Crippen molar-refractivity contribution in [2.45, 2.75) is 6.54 Å². The van der Waals surface area contributed by atoms with Gasteiger partial charge in [-0.1, -0.05) is 30.3 Å². The number of methoxy groups -OCH3 is 1. The number of rotatable bonds is 5. The minimum atomic E-state index is 0.612. The van der Waals surface area contributed by atoms with Crippen molar-refractivity contribution < 1.29 is 4.74 Å². The van der Waals surface area contributed by atoms with Gasteiger partial charge in [-0.25, -0.2) is 9.97 Å². The Bertz CT molecular complexity index is 695. The number of nitrogens with zero attached hydrogens (tertiary/aromatic N) is 2. The van der Waals surface area contributed by atoms with Gasteiger partial charge in [0.15, 0.2) is 0 Å². The quantitative estimate of drug-likeness (QED) is 0.777. The van der Waals surface area contributed by atoms with Crippen LogP contribution in [0.5, 0.6) is 5.88 Å². The Morgan fingerprint density at radius 3 is 2.71 bits per heavy atom. The fourth-order valence-electron chi connectivity index (χ4n) is 1.92. The molecule has 0 radical (unpaired) electrons. The fourth-order valence-corrected chi connectivity index (χ4v) is 2.66. The van der Waals surface area contributed by atoms with E-state index in [-0.39, 0.29) is 0 Å². The highest BCUT2D eigenvalue weighted by molar-refractivity contribution is 7.09. The second kappa shape index (κ2) is 6.37. The number of hydrogen-bond donors (Lipinski definition) is 1. The van der Waals surface area contributed by atoms with Gasteiger partial charge in [-0.05, 0) is 6.07 Å². The highest BCUT2D eigenvalue weighted by Gasteiger charge is 2.04. The van der Waals surface area contributed by atoms with Gasteiger partial charge in [-0.2, -0.15) is 0 Å². The molecule has 1 N–H and O–H groups in total. The third-order valence-electron chi connectivity index (χ3n) is 3.01. The molecule has 5 heteroatoms. The number of aromatic nitrogens is 2. The maximum Gasteiger partial charge on any atom is 0.213 e. The van der Waals surface area contributed by atoms with Gasteiger partial charge >= 0.3 is 0 Å². The van der Waals surface area contributed by atoms with Gasteiger partial charge in [0.1, 0.15) is 5.01 Å². The van der Waals surface area contributed by atoms with Crippen LogP contribution in [0, 0.1) is 0 Å². The van der Waals surface area contributed by atoms with Crippen molar-refractivity contribution in [1.82, 2.24) is 9.97 Å². The molecule has 3 aromatic rings. The lowest BCUT2D eigenvalue weighted by Crippen LogP contribution is -1.99. The topological polar surface area (TPSA) is 47.0 Å². The first-order chi connectivity index (χ1) is 10.3. The molecule has 0 unspecified atom stereocenters. The smallest absolute Gasteiger partial charge is 0.213 e. The van der Waals surface area contributed by atoms with Crippen LogP contribution >= 0.6 is 11.3 Å². The van der Waals surface area contributed by atoms with E-state index in [4.69, 9.17) is 4.74 Å². The lowest BCUT2D eigenvalue weighted by molar-refractivity contribution is 0.398. The number of nitrogens with one attached hydrogen (secondary N) is 1. The van der Waals surface area contributed by atoms with Crippen molar-refractivity contribution in [3.05, 3.63) is 59.0 Å². The van der Waals surface area contributed by atoms with Crippen LogP contribution in [0.2, 0.25) is 0 Å². The van der Waals surface area contributed by atoms with E-state index in [0.29, 0.717) is 12.4 Å². The molecule has 0 aliphatic rings. The molecule has 21 heavy (non-hydrogen) atoms. The second-order valence-electron chi connectivity index (χ2n) is 4.44. The number of ether oxygens (including phenoxy) is 1. The lowest BCUT2D eigenvalue weighted by Gasteiger charge is -2.04. The molecular weight excluding hydrogens is 282 g/mol. The van der Waals surface area contributed by atoms with Crippen molar-refractivity contribution in [2.24, 2.45) is 0 Å². The Balaban J connectivity index is 1.64. The average molecular weight is 297 g/mol. The van der Waals surface area contributed by atoms with Crippen LogP contribution in [-0.4, -0.2) is 17.1 Å². The van der Waals surface area contributed by atoms with E-state index in [1.807, 2.05) is 30.3 Å². The average Bonchev–Trinajstić information content (AvgIpc) is 3.03. The Kier molecular flexibility index (Phi) is 4.12. The van der Waals surface area contributed by atoms with Gasteiger partial charge in [-0.3, -0.25) is 0 Å². The minimum Gasteiger partial charge on any atom is -0.481 e. The molecule has 1 aromatic carbocycles. The molecule has 0 saturated heterocycles. The highest BCUT2D eigenvalue weighted by atomic mass is 32.1. The summed E-state index contributed by atoms with van der Waals surface area (Å²) in [5.74, 6) is 0.612. The van der Waals surface area contributed by atoms with Crippen LogP contribution in [-0.2, 0) is 6.54 Å². The Morgan fingerprint density at radius 2 is 2.00 bits per heavy atom. The number of thiazole rings is 1. The van der Waals surface area contributed by atoms with Crippen molar-refractivity contribution in [3.63, 3.8) is 0 Å². The van der Waals surface area contributed by atoms with E-state index in [2.05, 4.69) is 32.8 Å². The predicted molar refractivity (Wildman–Crippen MR) is 85.7 cm³/mol. The molecule has 0 bridgehead atoms. The van der Waals surface area contributed by atoms with Gasteiger partial charge in [0.25, 0.3) is 0 Å². The van der Waals surface area contributed by atoms with E-state index in [0.717, 1.165) is 22.0 Å². The SMILES string of the molecule is COc1ccc(NCc2nc(-c3ccccc3)cs2)cn1. The Hall–Kier alpha value is -2.40. The summed E-state index contributed by atoms with van der Waals surface area (Å²) in [5, 5.41) is 6.43. The minimum absolute atomic E-state index is 0.612. The predicted octanol–water partition coefficient (Wildman–Crippen LogP) is 3.83. The number of benzene rings is 1. The molecule has 0 aliphatic heterocycles. The summed E-state index contributed by atoms with van der Waals surface area (Å²) in [6, 6.07) is 14.0. The highest BCUT2D eigenvalue weighted by Crippen LogP contribution is 2.22. The first-order valence-electron chi connectivity index (χ1n) is 6.59. The summed E-state index contributed by atoms with van der Waals surface area (Å²) in [6.07, 6.45) is 1.75. The molecule has 0 amide bonds. The third-order valence-corrected chi connectivity index (χ3v) is 3.86. The van der Waals surface area contributed by atoms with Crippen LogP contribution < -0.4 is 10.1 Å². The van der Waals surface area contributed by atoms with E-state index in [1.54, 1.807) is 24.6 Å². The lowest BCUT2D eigenvalue weighted by atomic mass is 10.2. The Morgan fingerprint density at radius 1 is 1.14 bits per heavy atom. The molecule has 4 nitrogen and oxygen atoms in total. The standard InChI is InChI=1S/C16H15N3OS/c1-20-15-8-7-13(9-18-15)17-10-16-19-14(11-21-16)12-5-3-2-4-6-12/h2-9,11,17H,10H2,1H3. The maximum absolute atomic E-state index is 5.04. The number of anilines is 1. The zero-order valence-electron chi connectivity index (χ0n) is 11.6. The summed E-state index contributed by atoms with van der Waals surface area (Å²) in [6.45, 7) is 0.686. The first kappa shape index (κ1) is 13.6. The summed E-state index contributed by atoms with van der Waals surface area (Å²) >= 11 is 1.65.